The molecule has 4 aromatic rings. The van der Waals surface area contributed by atoms with Gasteiger partial charge in [0.1, 0.15) is 11.5 Å². The number of anilines is 1. The maximum Gasteiger partial charge on any atom is 0.185 e. The van der Waals surface area contributed by atoms with E-state index in [1.807, 2.05) is 48.2 Å². The molecule has 0 radical (unpaired) electrons. The van der Waals surface area contributed by atoms with Gasteiger partial charge in [0, 0.05) is 43.4 Å². The fourth-order valence-electron chi connectivity index (χ4n) is 6.93. The van der Waals surface area contributed by atoms with E-state index in [0.29, 0.717) is 37.3 Å². The van der Waals surface area contributed by atoms with Crippen molar-refractivity contribution in [2.24, 2.45) is 5.41 Å². The van der Waals surface area contributed by atoms with Gasteiger partial charge in [0.05, 0.1) is 6.04 Å². The Morgan fingerprint density at radius 1 is 0.805 bits per heavy atom. The van der Waals surface area contributed by atoms with Crippen LogP contribution in [0.3, 0.4) is 0 Å². The Balaban J connectivity index is 1.56. The van der Waals surface area contributed by atoms with Crippen molar-refractivity contribution in [3.8, 4) is 0 Å². The van der Waals surface area contributed by atoms with E-state index in [0.717, 1.165) is 16.8 Å². The van der Waals surface area contributed by atoms with Crippen molar-refractivity contribution < 1.29 is 14.4 Å². The number of halogens is 3. The molecule has 202 valence electrons. The van der Waals surface area contributed by atoms with Gasteiger partial charge >= 0.3 is 0 Å². The second-order valence-electron chi connectivity index (χ2n) is 10.8. The van der Waals surface area contributed by atoms with Crippen LogP contribution in [0.2, 0.25) is 15.1 Å². The van der Waals surface area contributed by atoms with Gasteiger partial charge < -0.3 is 4.90 Å². The van der Waals surface area contributed by atoms with Gasteiger partial charge in [-0.25, -0.2) is 0 Å². The standard InChI is InChI=1S/C34H22Cl3NO3/c1-18-6-8-19(9-7-18)31(39)30-29(25-13-11-22(36)17-26(25)37)34(32(40)23-4-2-3-5-24(23)33(34)41)28-15-10-20-16-21(35)12-14-27(20)38(28)30/h2-17,28-30H,1H3/t28-,29-,30-/m1/s1. The summed E-state index contributed by atoms with van der Waals surface area (Å²) in [5.41, 5.74) is 2.59. The van der Waals surface area contributed by atoms with Gasteiger partial charge in [0.25, 0.3) is 0 Å². The van der Waals surface area contributed by atoms with E-state index in [4.69, 9.17) is 34.8 Å². The summed E-state index contributed by atoms with van der Waals surface area (Å²) in [5.74, 6) is -1.75. The normalized spacial score (nSPS) is 21.7. The second kappa shape index (κ2) is 9.42. The highest BCUT2D eigenvalue weighted by molar-refractivity contribution is 6.36. The number of hydrogen-bond acceptors (Lipinski definition) is 4. The van der Waals surface area contributed by atoms with E-state index in [9.17, 15) is 14.4 Å². The number of carbonyl (C=O) groups excluding carboxylic acids is 3. The zero-order valence-electron chi connectivity index (χ0n) is 21.8. The lowest BCUT2D eigenvalue weighted by Gasteiger charge is -2.37. The number of fused-ring (bicyclic) bond motifs is 5. The molecule has 41 heavy (non-hydrogen) atoms. The lowest BCUT2D eigenvalue weighted by atomic mass is 9.64. The van der Waals surface area contributed by atoms with Crippen molar-refractivity contribution in [3.05, 3.63) is 139 Å². The quantitative estimate of drug-likeness (QED) is 0.176. The van der Waals surface area contributed by atoms with E-state index in [1.54, 1.807) is 60.7 Å². The summed E-state index contributed by atoms with van der Waals surface area (Å²) < 4.78 is 0. The fourth-order valence-corrected chi connectivity index (χ4v) is 7.64. The second-order valence-corrected chi connectivity index (χ2v) is 12.1. The minimum atomic E-state index is -1.64. The Labute approximate surface area is 252 Å². The van der Waals surface area contributed by atoms with Crippen molar-refractivity contribution in [1.29, 1.82) is 0 Å². The fraction of sp³-hybridized carbons (Fsp3) is 0.147. The number of aryl methyl sites for hydroxylation is 1. The highest BCUT2D eigenvalue weighted by Crippen LogP contribution is 2.61. The third-order valence-corrected chi connectivity index (χ3v) is 9.47. The van der Waals surface area contributed by atoms with E-state index >= 15 is 0 Å². The third-order valence-electron chi connectivity index (χ3n) is 8.67. The van der Waals surface area contributed by atoms with E-state index in [2.05, 4.69) is 0 Å². The Bertz CT molecular complexity index is 1790. The van der Waals surface area contributed by atoms with Gasteiger partial charge in [-0.3, -0.25) is 14.4 Å². The molecule has 0 saturated carbocycles. The minimum Gasteiger partial charge on any atom is -0.352 e. The molecule has 4 nitrogen and oxygen atoms in total. The van der Waals surface area contributed by atoms with Crippen LogP contribution in [0.4, 0.5) is 5.69 Å². The minimum absolute atomic E-state index is 0.212. The summed E-state index contributed by atoms with van der Waals surface area (Å²) in [5, 5.41) is 1.25. The Hall–Kier alpha value is -3.70. The van der Waals surface area contributed by atoms with Crippen LogP contribution in [0, 0.1) is 12.3 Å². The molecule has 3 aliphatic rings. The average Bonchev–Trinajstić information content (AvgIpc) is 3.39. The number of benzene rings is 4. The van der Waals surface area contributed by atoms with Gasteiger partial charge in [-0.15, -0.1) is 0 Å². The molecule has 0 aromatic heterocycles. The van der Waals surface area contributed by atoms with Crippen molar-refractivity contribution >= 4 is 63.9 Å². The van der Waals surface area contributed by atoms with Gasteiger partial charge in [-0.2, -0.15) is 0 Å². The molecular weight excluding hydrogens is 577 g/mol. The number of ketones is 3. The van der Waals surface area contributed by atoms with Gasteiger partial charge in [-0.05, 0) is 48.4 Å². The first-order valence-corrected chi connectivity index (χ1v) is 14.4. The average molecular weight is 599 g/mol. The number of Topliss-reactive ketones (excluding diaryl/α,β-unsaturated/α-hetero) is 3. The number of carbonyl (C=O) groups is 3. The van der Waals surface area contributed by atoms with Crippen molar-refractivity contribution in [1.82, 2.24) is 0 Å². The predicted molar refractivity (Wildman–Crippen MR) is 163 cm³/mol. The molecule has 1 aliphatic carbocycles. The van der Waals surface area contributed by atoms with Crippen LogP contribution in [-0.2, 0) is 0 Å². The molecule has 2 aliphatic heterocycles. The Morgan fingerprint density at radius 3 is 2.10 bits per heavy atom. The number of rotatable bonds is 3. The molecule has 7 rings (SSSR count). The first-order valence-electron chi connectivity index (χ1n) is 13.2. The first-order chi connectivity index (χ1) is 19.7. The first kappa shape index (κ1) is 26.2. The summed E-state index contributed by atoms with van der Waals surface area (Å²) in [6.07, 6.45) is 3.74. The van der Waals surface area contributed by atoms with E-state index in [-0.39, 0.29) is 17.3 Å². The smallest absolute Gasteiger partial charge is 0.185 e. The van der Waals surface area contributed by atoms with Crippen LogP contribution in [0.1, 0.15) is 53.7 Å². The molecule has 3 atom stereocenters. The molecule has 0 unspecified atom stereocenters. The molecule has 4 aromatic carbocycles. The SMILES string of the molecule is Cc1ccc(C(=O)[C@H]2[C@@H](c3ccc(Cl)cc3Cl)C3(C(=O)c4ccccc4C3=O)[C@H]3C=Cc4cc(Cl)ccc4N23)cc1. The maximum atomic E-state index is 14.7. The number of hydrogen-bond donors (Lipinski definition) is 0. The Morgan fingerprint density at radius 2 is 1.44 bits per heavy atom. The van der Waals surface area contributed by atoms with Gasteiger partial charge in [0.15, 0.2) is 17.3 Å². The molecule has 1 spiro atoms. The summed E-state index contributed by atoms with van der Waals surface area (Å²) in [6, 6.07) is 23.0. The molecule has 7 heteroatoms. The molecule has 0 N–H and O–H groups in total. The van der Waals surface area contributed by atoms with Crippen LogP contribution in [0.25, 0.3) is 6.08 Å². The lowest BCUT2D eigenvalue weighted by molar-refractivity contribution is 0.0666. The zero-order valence-corrected chi connectivity index (χ0v) is 24.0. The van der Waals surface area contributed by atoms with Crippen LogP contribution in [0.5, 0.6) is 0 Å². The van der Waals surface area contributed by atoms with Crippen LogP contribution in [-0.4, -0.2) is 29.4 Å². The molecule has 1 fully saturated rings. The summed E-state index contributed by atoms with van der Waals surface area (Å²) >= 11 is 19.5. The topological polar surface area (TPSA) is 54.5 Å². The van der Waals surface area contributed by atoms with E-state index < -0.39 is 23.4 Å². The summed E-state index contributed by atoms with van der Waals surface area (Å²) in [6.45, 7) is 1.95. The molecule has 1 saturated heterocycles. The number of nitrogens with zero attached hydrogens (tertiary/aromatic N) is 1. The molecule has 2 heterocycles. The van der Waals surface area contributed by atoms with Gasteiger partial charge in [0.2, 0.25) is 0 Å². The zero-order chi connectivity index (χ0) is 28.6. The molecule has 0 bridgehead atoms. The Kier molecular flexibility index (Phi) is 6.02. The van der Waals surface area contributed by atoms with Crippen molar-refractivity contribution in [2.45, 2.75) is 24.9 Å². The third kappa shape index (κ3) is 3.64. The highest BCUT2D eigenvalue weighted by Gasteiger charge is 2.71. The van der Waals surface area contributed by atoms with Crippen LogP contribution >= 0.6 is 34.8 Å². The molecular formula is C34H22Cl3NO3. The van der Waals surface area contributed by atoms with Crippen LogP contribution in [0.15, 0.2) is 91.0 Å². The van der Waals surface area contributed by atoms with Crippen LogP contribution < -0.4 is 4.90 Å². The monoisotopic (exact) mass is 597 g/mol. The van der Waals surface area contributed by atoms with Gasteiger partial charge in [-0.1, -0.05) is 107 Å². The summed E-state index contributed by atoms with van der Waals surface area (Å²) in [4.78, 5) is 46.0. The van der Waals surface area contributed by atoms with Crippen molar-refractivity contribution in [2.75, 3.05) is 4.90 Å². The highest BCUT2D eigenvalue weighted by atomic mass is 35.5. The summed E-state index contributed by atoms with van der Waals surface area (Å²) in [7, 11) is 0. The largest absolute Gasteiger partial charge is 0.352 e. The predicted octanol–water partition coefficient (Wildman–Crippen LogP) is 8.27. The van der Waals surface area contributed by atoms with E-state index in [1.165, 1.54) is 0 Å². The maximum absolute atomic E-state index is 14.7. The molecule has 0 amide bonds. The van der Waals surface area contributed by atoms with Crippen molar-refractivity contribution in [3.63, 3.8) is 0 Å². The lowest BCUT2D eigenvalue weighted by Crippen LogP contribution is -2.48.